The van der Waals surface area contributed by atoms with E-state index in [0.717, 1.165) is 17.7 Å². The number of anilines is 1. The Kier molecular flexibility index (Phi) is 9.31. The number of carbonyl (C=O) groups excluding carboxylic acids is 1. The van der Waals surface area contributed by atoms with Gasteiger partial charge in [-0.3, -0.25) is 9.69 Å². The van der Waals surface area contributed by atoms with Gasteiger partial charge in [-0.25, -0.2) is 9.37 Å². The number of methoxy groups -OCH3 is 1. The molecule has 0 unspecified atom stereocenters. The lowest BCUT2D eigenvalue weighted by molar-refractivity contribution is -0.120. The number of nitrogens with zero attached hydrogens (tertiary/aromatic N) is 3. The first kappa shape index (κ1) is 25.1. The molecule has 1 aromatic heterocycles. The van der Waals surface area contributed by atoms with Gasteiger partial charge in [0.2, 0.25) is 0 Å². The van der Waals surface area contributed by atoms with E-state index in [1.807, 2.05) is 19.0 Å². The Morgan fingerprint density at radius 3 is 2.58 bits per heavy atom. The van der Waals surface area contributed by atoms with E-state index in [-0.39, 0.29) is 30.7 Å². The molecular weight excluding hydrogens is 464 g/mol. The van der Waals surface area contributed by atoms with Crippen LogP contribution in [0.4, 0.5) is 9.52 Å². The molecule has 1 heterocycles. The minimum absolute atomic E-state index is 0. The number of aromatic nitrogens is 1. The standard InChI is InChI=1S/C21H23ClFN3O3S.ClH/c1-25(2)11-6-12-26(18(27)13-29-16-8-5-4-7-15(16)23)21-24-19-17(28-3)10-9-14(22)20(19)30-21;/h4-5,7-10H,6,11-13H2,1-3H3;1H. The molecule has 0 aliphatic carbocycles. The highest BCUT2D eigenvalue weighted by atomic mass is 35.5. The predicted molar refractivity (Wildman–Crippen MR) is 126 cm³/mol. The molecule has 168 valence electrons. The number of hydrogen-bond acceptors (Lipinski definition) is 6. The second-order valence-corrected chi connectivity index (χ2v) is 8.23. The van der Waals surface area contributed by atoms with Crippen LogP contribution in [0.5, 0.6) is 11.5 Å². The number of rotatable bonds is 9. The van der Waals surface area contributed by atoms with Gasteiger partial charge in [0.15, 0.2) is 23.3 Å². The molecular formula is C21H24Cl2FN3O3S. The Morgan fingerprint density at radius 2 is 1.90 bits per heavy atom. The van der Waals surface area contributed by atoms with Gasteiger partial charge in [-0.15, -0.1) is 12.4 Å². The highest BCUT2D eigenvalue weighted by Crippen LogP contribution is 2.38. The van der Waals surface area contributed by atoms with Crippen LogP contribution in [-0.2, 0) is 4.79 Å². The Hall–Kier alpha value is -2.13. The monoisotopic (exact) mass is 487 g/mol. The molecule has 0 aliphatic heterocycles. The van der Waals surface area contributed by atoms with Gasteiger partial charge < -0.3 is 14.4 Å². The molecule has 0 saturated heterocycles. The third kappa shape index (κ3) is 6.20. The largest absolute Gasteiger partial charge is 0.494 e. The number of amides is 1. The summed E-state index contributed by atoms with van der Waals surface area (Å²) in [7, 11) is 5.50. The van der Waals surface area contributed by atoms with Crippen molar-refractivity contribution in [2.45, 2.75) is 6.42 Å². The molecule has 0 fully saturated rings. The summed E-state index contributed by atoms with van der Waals surface area (Å²) < 4.78 is 25.4. The minimum Gasteiger partial charge on any atom is -0.494 e. The molecule has 6 nitrogen and oxygen atoms in total. The second kappa shape index (κ2) is 11.5. The molecule has 1 amide bonds. The number of fused-ring (bicyclic) bond motifs is 1. The van der Waals surface area contributed by atoms with Crippen molar-refractivity contribution in [2.24, 2.45) is 0 Å². The van der Waals surface area contributed by atoms with E-state index in [9.17, 15) is 9.18 Å². The highest BCUT2D eigenvalue weighted by molar-refractivity contribution is 7.23. The number of thiazole rings is 1. The van der Waals surface area contributed by atoms with Crippen LogP contribution >= 0.6 is 35.3 Å². The molecule has 0 saturated carbocycles. The fraction of sp³-hybridized carbons (Fsp3) is 0.333. The topological polar surface area (TPSA) is 54.9 Å². The van der Waals surface area contributed by atoms with Crippen molar-refractivity contribution in [2.75, 3.05) is 45.8 Å². The van der Waals surface area contributed by atoms with E-state index in [0.29, 0.717) is 28.0 Å². The summed E-state index contributed by atoms with van der Waals surface area (Å²) in [5, 5.41) is 1.04. The first-order valence-electron chi connectivity index (χ1n) is 9.36. The first-order valence-corrected chi connectivity index (χ1v) is 10.6. The Bertz CT molecular complexity index is 1030. The van der Waals surface area contributed by atoms with Gasteiger partial charge in [-0.05, 0) is 51.3 Å². The number of halogens is 3. The van der Waals surface area contributed by atoms with Gasteiger partial charge >= 0.3 is 0 Å². The van der Waals surface area contributed by atoms with Gasteiger partial charge in [0.1, 0.15) is 11.3 Å². The van der Waals surface area contributed by atoms with Gasteiger partial charge in [0.05, 0.1) is 16.8 Å². The van der Waals surface area contributed by atoms with Crippen LogP contribution < -0.4 is 14.4 Å². The molecule has 2 aromatic carbocycles. The summed E-state index contributed by atoms with van der Waals surface area (Å²) in [4.78, 5) is 21.2. The van der Waals surface area contributed by atoms with E-state index >= 15 is 0 Å². The number of carbonyl (C=O) groups is 1. The average molecular weight is 488 g/mol. The first-order chi connectivity index (χ1) is 14.4. The lowest BCUT2D eigenvalue weighted by Crippen LogP contribution is -2.37. The fourth-order valence-corrected chi connectivity index (χ4v) is 4.17. The van der Waals surface area contributed by atoms with Crippen LogP contribution in [0.2, 0.25) is 5.02 Å². The zero-order valence-electron chi connectivity index (χ0n) is 17.4. The third-order valence-electron chi connectivity index (χ3n) is 4.37. The average Bonchev–Trinajstić information content (AvgIpc) is 3.16. The highest BCUT2D eigenvalue weighted by Gasteiger charge is 2.22. The zero-order chi connectivity index (χ0) is 21.7. The van der Waals surface area contributed by atoms with Crippen molar-refractivity contribution in [1.82, 2.24) is 9.88 Å². The third-order valence-corrected chi connectivity index (χ3v) is 5.91. The molecule has 0 atom stereocenters. The predicted octanol–water partition coefficient (Wildman–Crippen LogP) is 4.88. The summed E-state index contributed by atoms with van der Waals surface area (Å²) >= 11 is 7.64. The maximum Gasteiger partial charge on any atom is 0.266 e. The van der Waals surface area contributed by atoms with Crippen LogP contribution in [0.15, 0.2) is 36.4 Å². The van der Waals surface area contributed by atoms with Crippen LogP contribution in [0.1, 0.15) is 6.42 Å². The lowest BCUT2D eigenvalue weighted by Gasteiger charge is -2.21. The smallest absolute Gasteiger partial charge is 0.266 e. The Labute approximate surface area is 195 Å². The van der Waals surface area contributed by atoms with Crippen LogP contribution in [0, 0.1) is 5.82 Å². The van der Waals surface area contributed by atoms with E-state index in [1.165, 1.54) is 23.5 Å². The van der Waals surface area contributed by atoms with E-state index < -0.39 is 5.82 Å². The number of para-hydroxylation sites is 1. The SMILES string of the molecule is COc1ccc(Cl)c2sc(N(CCCN(C)C)C(=O)COc3ccccc3F)nc12.Cl. The quantitative estimate of drug-likeness (QED) is 0.430. The van der Waals surface area contributed by atoms with Crippen molar-refractivity contribution >= 4 is 56.6 Å². The van der Waals surface area contributed by atoms with E-state index in [1.54, 1.807) is 36.3 Å². The van der Waals surface area contributed by atoms with E-state index in [4.69, 9.17) is 21.1 Å². The number of benzene rings is 2. The van der Waals surface area contributed by atoms with Crippen molar-refractivity contribution in [3.63, 3.8) is 0 Å². The molecule has 31 heavy (non-hydrogen) atoms. The second-order valence-electron chi connectivity index (χ2n) is 6.85. The van der Waals surface area contributed by atoms with Gasteiger partial charge in [-0.1, -0.05) is 35.1 Å². The van der Waals surface area contributed by atoms with E-state index in [2.05, 4.69) is 4.98 Å². The van der Waals surface area contributed by atoms with Crippen LogP contribution in [-0.4, -0.2) is 56.7 Å². The molecule has 0 bridgehead atoms. The molecule has 3 aromatic rings. The zero-order valence-corrected chi connectivity index (χ0v) is 19.8. The van der Waals surface area contributed by atoms with Crippen molar-refractivity contribution in [1.29, 1.82) is 0 Å². The van der Waals surface area contributed by atoms with Gasteiger partial charge in [0, 0.05) is 6.54 Å². The maximum absolute atomic E-state index is 13.8. The summed E-state index contributed by atoms with van der Waals surface area (Å²) in [6, 6.07) is 9.48. The van der Waals surface area contributed by atoms with Crippen molar-refractivity contribution in [3.05, 3.63) is 47.2 Å². The fourth-order valence-electron chi connectivity index (χ4n) is 2.87. The van der Waals surface area contributed by atoms with Crippen molar-refractivity contribution < 1.29 is 18.7 Å². The van der Waals surface area contributed by atoms with Crippen LogP contribution in [0.3, 0.4) is 0 Å². The van der Waals surface area contributed by atoms with Crippen LogP contribution in [0.25, 0.3) is 10.2 Å². The number of ether oxygens (including phenoxy) is 2. The molecule has 0 aliphatic rings. The minimum atomic E-state index is -0.513. The summed E-state index contributed by atoms with van der Waals surface area (Å²) in [5.41, 5.74) is 0.602. The number of hydrogen-bond donors (Lipinski definition) is 0. The maximum atomic E-state index is 13.8. The molecule has 3 rings (SSSR count). The Morgan fingerprint density at radius 1 is 1.16 bits per heavy atom. The van der Waals surface area contributed by atoms with Gasteiger partial charge in [0.25, 0.3) is 5.91 Å². The molecule has 0 N–H and O–H groups in total. The normalized spacial score (nSPS) is 10.8. The molecule has 10 heteroatoms. The lowest BCUT2D eigenvalue weighted by atomic mass is 10.3. The molecule has 0 radical (unpaired) electrons. The summed E-state index contributed by atoms with van der Waals surface area (Å²) in [6.07, 6.45) is 0.735. The van der Waals surface area contributed by atoms with Crippen molar-refractivity contribution in [3.8, 4) is 11.5 Å². The summed E-state index contributed by atoms with van der Waals surface area (Å²) in [5.74, 6) is -0.208. The summed E-state index contributed by atoms with van der Waals surface area (Å²) in [6.45, 7) is 0.939. The molecule has 0 spiro atoms. The van der Waals surface area contributed by atoms with Gasteiger partial charge in [-0.2, -0.15) is 0 Å². The Balaban J connectivity index is 0.00000341.